The highest BCUT2D eigenvalue weighted by Crippen LogP contribution is 2.15. The number of benzene rings is 1. The monoisotopic (exact) mass is 242 g/mol. The standard InChI is InChI=1S/C15H18N2O/c1-2-12-7-5-9-17-14(12)11-16-10-13-6-3-4-8-15(13)18/h3-9,16,18H,2,10-11H2,1H3. The van der Waals surface area contributed by atoms with Crippen molar-refractivity contribution in [1.82, 2.24) is 10.3 Å². The number of aromatic nitrogens is 1. The van der Waals surface area contributed by atoms with Gasteiger partial charge in [0.25, 0.3) is 0 Å². The molecular weight excluding hydrogens is 224 g/mol. The van der Waals surface area contributed by atoms with Crippen molar-refractivity contribution in [3.63, 3.8) is 0 Å². The quantitative estimate of drug-likeness (QED) is 0.847. The third kappa shape index (κ3) is 3.08. The number of aryl methyl sites for hydroxylation is 1. The van der Waals surface area contributed by atoms with Crippen molar-refractivity contribution in [1.29, 1.82) is 0 Å². The molecule has 0 fully saturated rings. The first kappa shape index (κ1) is 12.6. The highest BCUT2D eigenvalue weighted by Gasteiger charge is 2.02. The second kappa shape index (κ2) is 6.17. The summed E-state index contributed by atoms with van der Waals surface area (Å²) in [4.78, 5) is 4.38. The van der Waals surface area contributed by atoms with Gasteiger partial charge in [-0.15, -0.1) is 0 Å². The first-order valence-corrected chi connectivity index (χ1v) is 6.21. The van der Waals surface area contributed by atoms with Crippen LogP contribution in [0.15, 0.2) is 42.6 Å². The van der Waals surface area contributed by atoms with E-state index in [0.29, 0.717) is 12.3 Å². The van der Waals surface area contributed by atoms with Gasteiger partial charge in [0, 0.05) is 24.8 Å². The molecule has 3 heteroatoms. The SMILES string of the molecule is CCc1cccnc1CNCc1ccccc1O. The van der Waals surface area contributed by atoms with Crippen LogP contribution in [0.2, 0.25) is 0 Å². The van der Waals surface area contributed by atoms with Crippen LogP contribution in [-0.4, -0.2) is 10.1 Å². The number of phenolic OH excluding ortho intramolecular Hbond substituents is 1. The number of aromatic hydroxyl groups is 1. The molecule has 0 bridgehead atoms. The van der Waals surface area contributed by atoms with Gasteiger partial charge in [0.2, 0.25) is 0 Å². The Balaban J connectivity index is 1.95. The summed E-state index contributed by atoms with van der Waals surface area (Å²) < 4.78 is 0. The normalized spacial score (nSPS) is 10.5. The van der Waals surface area contributed by atoms with Crippen LogP contribution in [0.1, 0.15) is 23.7 Å². The molecule has 0 aliphatic rings. The van der Waals surface area contributed by atoms with Gasteiger partial charge in [0.05, 0.1) is 5.69 Å². The predicted octanol–water partition coefficient (Wildman–Crippen LogP) is 2.64. The van der Waals surface area contributed by atoms with Crippen molar-refractivity contribution in [3.05, 3.63) is 59.4 Å². The highest BCUT2D eigenvalue weighted by atomic mass is 16.3. The van der Waals surface area contributed by atoms with Crippen LogP contribution >= 0.6 is 0 Å². The van der Waals surface area contributed by atoms with Crippen molar-refractivity contribution in [2.24, 2.45) is 0 Å². The van der Waals surface area contributed by atoms with E-state index in [1.165, 1.54) is 5.56 Å². The summed E-state index contributed by atoms with van der Waals surface area (Å²) in [6.07, 6.45) is 2.80. The molecule has 0 amide bonds. The van der Waals surface area contributed by atoms with E-state index in [1.54, 1.807) is 6.07 Å². The maximum Gasteiger partial charge on any atom is 0.120 e. The van der Waals surface area contributed by atoms with Gasteiger partial charge in [-0.3, -0.25) is 4.98 Å². The van der Waals surface area contributed by atoms with Gasteiger partial charge >= 0.3 is 0 Å². The molecule has 1 aromatic carbocycles. The predicted molar refractivity (Wildman–Crippen MR) is 72.3 cm³/mol. The lowest BCUT2D eigenvalue weighted by Crippen LogP contribution is -2.15. The van der Waals surface area contributed by atoms with Crippen LogP contribution in [0.4, 0.5) is 0 Å². The minimum atomic E-state index is 0.335. The third-order valence-electron chi connectivity index (χ3n) is 2.96. The molecule has 3 nitrogen and oxygen atoms in total. The van der Waals surface area contributed by atoms with Crippen LogP contribution in [0.3, 0.4) is 0 Å². The minimum absolute atomic E-state index is 0.335. The molecule has 0 atom stereocenters. The maximum absolute atomic E-state index is 9.65. The van der Waals surface area contributed by atoms with E-state index < -0.39 is 0 Å². The fourth-order valence-corrected chi connectivity index (χ4v) is 1.93. The number of hydrogen-bond acceptors (Lipinski definition) is 3. The van der Waals surface area contributed by atoms with Crippen LogP contribution in [0, 0.1) is 0 Å². The average Bonchev–Trinajstić information content (AvgIpc) is 2.41. The summed E-state index contributed by atoms with van der Waals surface area (Å²) in [6.45, 7) is 3.49. The lowest BCUT2D eigenvalue weighted by Gasteiger charge is -2.09. The fourth-order valence-electron chi connectivity index (χ4n) is 1.93. The van der Waals surface area contributed by atoms with Crippen LogP contribution < -0.4 is 5.32 Å². The zero-order chi connectivity index (χ0) is 12.8. The van der Waals surface area contributed by atoms with Crippen molar-refractivity contribution in [2.75, 3.05) is 0 Å². The maximum atomic E-state index is 9.65. The molecule has 0 radical (unpaired) electrons. The highest BCUT2D eigenvalue weighted by molar-refractivity contribution is 5.31. The van der Waals surface area contributed by atoms with E-state index in [0.717, 1.165) is 24.2 Å². The van der Waals surface area contributed by atoms with Crippen LogP contribution in [-0.2, 0) is 19.5 Å². The first-order chi connectivity index (χ1) is 8.81. The van der Waals surface area contributed by atoms with E-state index in [9.17, 15) is 5.11 Å². The Hall–Kier alpha value is -1.87. The Morgan fingerprint density at radius 1 is 1.06 bits per heavy atom. The summed E-state index contributed by atoms with van der Waals surface area (Å²) in [5.41, 5.74) is 3.25. The van der Waals surface area contributed by atoms with E-state index in [4.69, 9.17) is 0 Å². The summed E-state index contributed by atoms with van der Waals surface area (Å²) >= 11 is 0. The lowest BCUT2D eigenvalue weighted by molar-refractivity contribution is 0.464. The van der Waals surface area contributed by atoms with Gasteiger partial charge < -0.3 is 10.4 Å². The van der Waals surface area contributed by atoms with Gasteiger partial charge in [-0.1, -0.05) is 31.2 Å². The Labute approximate surface area is 108 Å². The van der Waals surface area contributed by atoms with E-state index in [1.807, 2.05) is 30.5 Å². The molecule has 0 spiro atoms. The molecule has 1 aromatic heterocycles. The summed E-state index contributed by atoms with van der Waals surface area (Å²) in [7, 11) is 0. The topological polar surface area (TPSA) is 45.2 Å². The van der Waals surface area contributed by atoms with Gasteiger partial charge in [0.1, 0.15) is 5.75 Å². The van der Waals surface area contributed by atoms with E-state index in [-0.39, 0.29) is 0 Å². The van der Waals surface area contributed by atoms with Crippen LogP contribution in [0.5, 0.6) is 5.75 Å². The summed E-state index contributed by atoms with van der Waals surface area (Å²) in [5, 5.41) is 13.0. The fraction of sp³-hybridized carbons (Fsp3) is 0.267. The number of para-hydroxylation sites is 1. The van der Waals surface area contributed by atoms with E-state index >= 15 is 0 Å². The zero-order valence-corrected chi connectivity index (χ0v) is 10.6. The molecule has 0 saturated heterocycles. The average molecular weight is 242 g/mol. The molecule has 2 aromatic rings. The van der Waals surface area contributed by atoms with Gasteiger partial charge in [-0.25, -0.2) is 0 Å². The van der Waals surface area contributed by atoms with Crippen molar-refractivity contribution in [2.45, 2.75) is 26.4 Å². The molecular formula is C15H18N2O. The number of rotatable bonds is 5. The molecule has 2 rings (SSSR count). The van der Waals surface area contributed by atoms with Gasteiger partial charge in [-0.2, -0.15) is 0 Å². The van der Waals surface area contributed by atoms with Crippen molar-refractivity contribution in [3.8, 4) is 5.75 Å². The van der Waals surface area contributed by atoms with Gasteiger partial charge in [0.15, 0.2) is 0 Å². The first-order valence-electron chi connectivity index (χ1n) is 6.21. The molecule has 18 heavy (non-hydrogen) atoms. The van der Waals surface area contributed by atoms with Crippen LogP contribution in [0.25, 0.3) is 0 Å². The van der Waals surface area contributed by atoms with Gasteiger partial charge in [-0.05, 0) is 24.1 Å². The molecule has 94 valence electrons. The number of nitrogens with one attached hydrogen (secondary N) is 1. The summed E-state index contributed by atoms with van der Waals surface area (Å²) in [6, 6.07) is 11.4. The van der Waals surface area contributed by atoms with Crippen molar-refractivity contribution < 1.29 is 5.11 Å². The summed E-state index contributed by atoms with van der Waals surface area (Å²) in [5.74, 6) is 0.335. The third-order valence-corrected chi connectivity index (χ3v) is 2.96. The van der Waals surface area contributed by atoms with Crippen molar-refractivity contribution >= 4 is 0 Å². The second-order valence-corrected chi connectivity index (χ2v) is 4.20. The molecule has 1 heterocycles. The number of nitrogens with zero attached hydrogens (tertiary/aromatic N) is 1. The number of phenols is 1. The minimum Gasteiger partial charge on any atom is -0.508 e. The Bertz CT molecular complexity index is 511. The lowest BCUT2D eigenvalue weighted by atomic mass is 10.1. The molecule has 0 aliphatic carbocycles. The number of hydrogen-bond donors (Lipinski definition) is 2. The smallest absolute Gasteiger partial charge is 0.120 e. The molecule has 0 saturated carbocycles. The molecule has 2 N–H and O–H groups in total. The zero-order valence-electron chi connectivity index (χ0n) is 10.6. The molecule has 0 aliphatic heterocycles. The Morgan fingerprint density at radius 2 is 1.83 bits per heavy atom. The Kier molecular flexibility index (Phi) is 4.31. The Morgan fingerprint density at radius 3 is 2.61 bits per heavy atom. The number of pyridine rings is 1. The van der Waals surface area contributed by atoms with E-state index in [2.05, 4.69) is 23.3 Å². The largest absolute Gasteiger partial charge is 0.508 e. The second-order valence-electron chi connectivity index (χ2n) is 4.20. The molecule has 0 unspecified atom stereocenters.